The van der Waals surface area contributed by atoms with Crippen LogP contribution in [-0.2, 0) is 19.4 Å². The van der Waals surface area contributed by atoms with E-state index in [1.54, 1.807) is 18.2 Å². The molecular weight excluding hydrogens is 244 g/mol. The number of hydrogen-bond acceptors (Lipinski definition) is 5. The highest BCUT2D eigenvalue weighted by Gasteiger charge is 2.20. The molecule has 1 aromatic carbocycles. The predicted octanol–water partition coefficient (Wildman–Crippen LogP) is 0.384. The molecule has 0 saturated heterocycles. The van der Waals surface area contributed by atoms with Crippen molar-refractivity contribution < 1.29 is 23.1 Å². The summed E-state index contributed by atoms with van der Waals surface area (Å²) in [4.78, 5) is 11.1. The Morgan fingerprint density at radius 3 is 2.47 bits per heavy atom. The quantitative estimate of drug-likeness (QED) is 0.772. The van der Waals surface area contributed by atoms with Gasteiger partial charge in [-0.1, -0.05) is 18.2 Å². The van der Waals surface area contributed by atoms with Crippen molar-refractivity contribution in [1.82, 2.24) is 0 Å². The number of carbonyl (C=O) groups excluding carboxylic acids is 1. The monoisotopic (exact) mass is 258 g/mol. The average Bonchev–Trinajstić information content (AvgIpc) is 2.36. The van der Waals surface area contributed by atoms with Gasteiger partial charge in [-0.25, -0.2) is 13.2 Å². The van der Waals surface area contributed by atoms with Gasteiger partial charge in [0, 0.05) is 0 Å². The summed E-state index contributed by atoms with van der Waals surface area (Å²) in [5.41, 5.74) is 0. The van der Waals surface area contributed by atoms with Crippen molar-refractivity contribution >= 4 is 15.8 Å². The minimum Gasteiger partial charge on any atom is -0.467 e. The Labute approximate surface area is 100.0 Å². The second kappa shape index (κ2) is 5.79. The zero-order valence-electron chi connectivity index (χ0n) is 9.37. The molecule has 1 N–H and O–H groups in total. The Kier molecular flexibility index (Phi) is 4.65. The van der Waals surface area contributed by atoms with Crippen molar-refractivity contribution in [3.05, 3.63) is 30.3 Å². The third kappa shape index (κ3) is 3.83. The van der Waals surface area contributed by atoms with Gasteiger partial charge in [-0.05, 0) is 18.6 Å². The number of rotatable bonds is 5. The first-order valence-electron chi connectivity index (χ1n) is 5.01. The van der Waals surface area contributed by atoms with Gasteiger partial charge in [-0.15, -0.1) is 0 Å². The molecule has 5 nitrogen and oxygen atoms in total. The molecule has 1 aromatic rings. The Bertz CT molecular complexity index is 466. The molecule has 0 aliphatic carbocycles. The van der Waals surface area contributed by atoms with Crippen LogP contribution in [0.4, 0.5) is 0 Å². The average molecular weight is 258 g/mol. The van der Waals surface area contributed by atoms with Gasteiger partial charge in [0.05, 0.1) is 17.8 Å². The first kappa shape index (κ1) is 13.7. The van der Waals surface area contributed by atoms with E-state index in [0.29, 0.717) is 0 Å². The number of aliphatic hydroxyl groups is 1. The number of carbonyl (C=O) groups is 1. The van der Waals surface area contributed by atoms with Crippen molar-refractivity contribution in [2.45, 2.75) is 17.4 Å². The first-order chi connectivity index (χ1) is 7.97. The summed E-state index contributed by atoms with van der Waals surface area (Å²) < 4.78 is 27.9. The van der Waals surface area contributed by atoms with E-state index < -0.39 is 21.9 Å². The Morgan fingerprint density at radius 1 is 1.35 bits per heavy atom. The lowest BCUT2D eigenvalue weighted by molar-refractivity contribution is -0.150. The highest BCUT2D eigenvalue weighted by Crippen LogP contribution is 2.12. The van der Waals surface area contributed by atoms with Gasteiger partial charge < -0.3 is 9.84 Å². The molecule has 0 aliphatic heterocycles. The molecule has 1 rings (SSSR count). The number of aliphatic hydroxyl groups excluding tert-OH is 1. The van der Waals surface area contributed by atoms with Crippen molar-refractivity contribution in [3.63, 3.8) is 0 Å². The van der Waals surface area contributed by atoms with Crippen LogP contribution in [0.2, 0.25) is 0 Å². The molecule has 0 spiro atoms. The summed E-state index contributed by atoms with van der Waals surface area (Å²) in [6, 6.07) is 7.88. The largest absolute Gasteiger partial charge is 0.467 e. The van der Waals surface area contributed by atoms with E-state index in [-0.39, 0.29) is 17.1 Å². The number of methoxy groups -OCH3 is 1. The second-order valence-electron chi connectivity index (χ2n) is 3.46. The molecule has 0 saturated carbocycles. The van der Waals surface area contributed by atoms with Gasteiger partial charge in [-0.2, -0.15) is 0 Å². The molecule has 94 valence electrons. The molecule has 0 radical (unpaired) electrons. The van der Waals surface area contributed by atoms with Crippen molar-refractivity contribution in [2.75, 3.05) is 12.9 Å². The van der Waals surface area contributed by atoms with E-state index in [1.807, 2.05) is 0 Å². The Morgan fingerprint density at radius 2 is 1.94 bits per heavy atom. The number of sulfone groups is 1. The van der Waals surface area contributed by atoms with Crippen LogP contribution in [0, 0.1) is 0 Å². The molecule has 17 heavy (non-hydrogen) atoms. The third-order valence-corrected chi connectivity index (χ3v) is 4.00. The van der Waals surface area contributed by atoms with Gasteiger partial charge in [0.2, 0.25) is 0 Å². The fourth-order valence-corrected chi connectivity index (χ4v) is 2.61. The summed E-state index contributed by atoms with van der Waals surface area (Å²) in [6.45, 7) is 0. The lowest BCUT2D eigenvalue weighted by Crippen LogP contribution is -2.24. The van der Waals surface area contributed by atoms with E-state index in [1.165, 1.54) is 12.1 Å². The van der Waals surface area contributed by atoms with Crippen LogP contribution >= 0.6 is 0 Å². The normalized spacial score (nSPS) is 13.1. The number of hydrogen-bond donors (Lipinski definition) is 1. The highest BCUT2D eigenvalue weighted by molar-refractivity contribution is 7.91. The molecule has 1 atom stereocenters. The lowest BCUT2D eigenvalue weighted by atomic mass is 10.3. The molecule has 1 unspecified atom stereocenters. The van der Waals surface area contributed by atoms with E-state index in [0.717, 1.165) is 7.11 Å². The molecule has 0 heterocycles. The molecule has 0 bridgehead atoms. The third-order valence-electron chi connectivity index (χ3n) is 2.24. The molecule has 0 amide bonds. The van der Waals surface area contributed by atoms with Crippen LogP contribution in [-0.4, -0.2) is 38.5 Å². The minimum atomic E-state index is -3.46. The zero-order chi connectivity index (χ0) is 12.9. The van der Waals surface area contributed by atoms with Crippen molar-refractivity contribution in [3.8, 4) is 0 Å². The van der Waals surface area contributed by atoms with Gasteiger partial charge >= 0.3 is 5.97 Å². The minimum absolute atomic E-state index is 0.177. The molecule has 0 fully saturated rings. The summed E-state index contributed by atoms with van der Waals surface area (Å²) in [5, 5.41) is 9.29. The second-order valence-corrected chi connectivity index (χ2v) is 5.57. The van der Waals surface area contributed by atoms with Crippen LogP contribution in [0.1, 0.15) is 6.42 Å². The van der Waals surface area contributed by atoms with E-state index in [4.69, 9.17) is 0 Å². The summed E-state index contributed by atoms with van der Waals surface area (Å²) in [7, 11) is -2.33. The summed E-state index contributed by atoms with van der Waals surface area (Å²) in [6.07, 6.45) is -1.58. The summed E-state index contributed by atoms with van der Waals surface area (Å²) in [5.74, 6) is -1.12. The van der Waals surface area contributed by atoms with E-state index in [9.17, 15) is 18.3 Å². The van der Waals surface area contributed by atoms with Gasteiger partial charge in [-0.3, -0.25) is 0 Å². The van der Waals surface area contributed by atoms with Crippen LogP contribution in [0.15, 0.2) is 35.2 Å². The predicted molar refractivity (Wildman–Crippen MR) is 61.1 cm³/mol. The Hall–Kier alpha value is -1.40. The van der Waals surface area contributed by atoms with Crippen molar-refractivity contribution in [2.24, 2.45) is 0 Å². The van der Waals surface area contributed by atoms with Gasteiger partial charge in [0.25, 0.3) is 0 Å². The van der Waals surface area contributed by atoms with Crippen molar-refractivity contribution in [1.29, 1.82) is 0 Å². The summed E-state index contributed by atoms with van der Waals surface area (Å²) >= 11 is 0. The fourth-order valence-electron chi connectivity index (χ4n) is 1.27. The van der Waals surface area contributed by atoms with E-state index in [2.05, 4.69) is 4.74 Å². The van der Waals surface area contributed by atoms with Gasteiger partial charge in [0.15, 0.2) is 15.9 Å². The fraction of sp³-hybridized carbons (Fsp3) is 0.364. The van der Waals surface area contributed by atoms with Crippen LogP contribution in [0.25, 0.3) is 0 Å². The maximum Gasteiger partial charge on any atom is 0.334 e. The topological polar surface area (TPSA) is 80.7 Å². The molecule has 6 heteroatoms. The smallest absolute Gasteiger partial charge is 0.334 e. The number of esters is 1. The standard InChI is InChI=1S/C11H14O5S/c1-16-11(13)10(12)7-8-17(14,15)9-5-3-2-4-6-9/h2-6,10,12H,7-8H2,1H3. The highest BCUT2D eigenvalue weighted by atomic mass is 32.2. The lowest BCUT2D eigenvalue weighted by Gasteiger charge is -2.08. The molecular formula is C11H14O5S. The van der Waals surface area contributed by atoms with Crippen LogP contribution < -0.4 is 0 Å². The molecule has 0 aliphatic rings. The maximum atomic E-state index is 11.8. The Balaban J connectivity index is 2.66. The number of ether oxygens (including phenoxy) is 1. The zero-order valence-corrected chi connectivity index (χ0v) is 10.2. The van der Waals surface area contributed by atoms with Crippen LogP contribution in [0.5, 0.6) is 0 Å². The first-order valence-corrected chi connectivity index (χ1v) is 6.66. The van der Waals surface area contributed by atoms with Crippen LogP contribution in [0.3, 0.4) is 0 Å². The maximum absolute atomic E-state index is 11.8. The molecule has 0 aromatic heterocycles. The SMILES string of the molecule is COC(=O)C(O)CCS(=O)(=O)c1ccccc1. The van der Waals surface area contributed by atoms with Gasteiger partial charge in [0.1, 0.15) is 0 Å². The van der Waals surface area contributed by atoms with E-state index >= 15 is 0 Å². The number of benzene rings is 1.